The summed E-state index contributed by atoms with van der Waals surface area (Å²) in [5, 5.41) is 15.2. The monoisotopic (exact) mass is 469 g/mol. The van der Waals surface area contributed by atoms with Gasteiger partial charge in [0.05, 0.1) is 12.8 Å². The van der Waals surface area contributed by atoms with E-state index in [1.165, 1.54) is 37.4 Å². The summed E-state index contributed by atoms with van der Waals surface area (Å²) >= 11 is 0. The van der Waals surface area contributed by atoms with E-state index < -0.39 is 17.3 Å². The number of piperidine rings is 1. The summed E-state index contributed by atoms with van der Waals surface area (Å²) in [6.07, 6.45) is 2.70. The number of rotatable bonds is 7. The van der Waals surface area contributed by atoms with Crippen molar-refractivity contribution in [3.05, 3.63) is 59.4 Å². The molecule has 180 valence electrons. The third kappa shape index (κ3) is 4.98. The molecule has 1 heterocycles. The predicted molar refractivity (Wildman–Crippen MR) is 123 cm³/mol. The molecule has 8 nitrogen and oxygen atoms in total. The molecule has 0 atom stereocenters. The van der Waals surface area contributed by atoms with Gasteiger partial charge in [0.1, 0.15) is 22.7 Å². The average Bonchev–Trinajstić information content (AvgIpc) is 3.63. The maximum absolute atomic E-state index is 14.2. The minimum Gasteiger partial charge on any atom is -0.508 e. The lowest BCUT2D eigenvalue weighted by atomic mass is 9.95. The Bertz CT molecular complexity index is 1080. The Balaban J connectivity index is 1.29. The maximum Gasteiger partial charge on any atom is 0.342 e. The number of methoxy groups -OCH3 is 1. The van der Waals surface area contributed by atoms with E-state index in [0.717, 1.165) is 12.8 Å². The van der Waals surface area contributed by atoms with Gasteiger partial charge in [-0.2, -0.15) is 0 Å². The normalized spacial score (nSPS) is 17.1. The van der Waals surface area contributed by atoms with E-state index in [9.17, 15) is 23.9 Å². The molecule has 3 N–H and O–H groups in total. The van der Waals surface area contributed by atoms with Gasteiger partial charge in [-0.3, -0.25) is 9.59 Å². The Morgan fingerprint density at radius 2 is 1.79 bits per heavy atom. The lowest BCUT2D eigenvalue weighted by Crippen LogP contribution is -2.50. The molecule has 0 radical (unpaired) electrons. The maximum atomic E-state index is 14.2. The third-order valence-electron chi connectivity index (χ3n) is 6.55. The molecule has 1 saturated carbocycles. The third-order valence-corrected chi connectivity index (χ3v) is 6.55. The molecule has 2 aromatic carbocycles. The molecule has 0 spiro atoms. The average molecular weight is 470 g/mol. The van der Waals surface area contributed by atoms with Gasteiger partial charge in [-0.25, -0.2) is 9.18 Å². The smallest absolute Gasteiger partial charge is 0.342 e. The van der Waals surface area contributed by atoms with E-state index in [1.807, 2.05) is 4.90 Å². The molecule has 0 bridgehead atoms. The number of benzene rings is 2. The first-order valence-electron chi connectivity index (χ1n) is 11.3. The van der Waals surface area contributed by atoms with Gasteiger partial charge in [0.2, 0.25) is 5.91 Å². The number of hydrogen-bond donors (Lipinski definition) is 3. The van der Waals surface area contributed by atoms with Gasteiger partial charge in [-0.1, -0.05) is 6.07 Å². The molecular formula is C25H28FN3O5. The van der Waals surface area contributed by atoms with Gasteiger partial charge < -0.3 is 25.4 Å². The van der Waals surface area contributed by atoms with Crippen molar-refractivity contribution in [3.8, 4) is 5.75 Å². The van der Waals surface area contributed by atoms with Gasteiger partial charge in [0.25, 0.3) is 5.91 Å². The molecule has 0 aromatic heterocycles. The van der Waals surface area contributed by atoms with Crippen LogP contribution in [0.3, 0.4) is 0 Å². The van der Waals surface area contributed by atoms with E-state index >= 15 is 0 Å². The fourth-order valence-electron chi connectivity index (χ4n) is 4.30. The number of phenolic OH excluding ortho intramolecular Hbond substituents is 1. The number of ether oxygens (including phenoxy) is 1. The first kappa shape index (κ1) is 23.5. The second kappa shape index (κ2) is 9.70. The van der Waals surface area contributed by atoms with Crippen LogP contribution in [0.2, 0.25) is 0 Å². The summed E-state index contributed by atoms with van der Waals surface area (Å²) in [6, 6.07) is 10.4. The van der Waals surface area contributed by atoms with Crippen LogP contribution in [-0.4, -0.2) is 55.2 Å². The van der Waals surface area contributed by atoms with Gasteiger partial charge >= 0.3 is 5.97 Å². The zero-order chi connectivity index (χ0) is 24.3. The van der Waals surface area contributed by atoms with Crippen molar-refractivity contribution in [2.24, 2.45) is 5.92 Å². The van der Waals surface area contributed by atoms with Crippen LogP contribution < -0.4 is 15.5 Å². The van der Waals surface area contributed by atoms with Crippen LogP contribution >= 0.6 is 0 Å². The Morgan fingerprint density at radius 1 is 1.12 bits per heavy atom. The van der Waals surface area contributed by atoms with Crippen LogP contribution in [0.4, 0.5) is 10.1 Å². The van der Waals surface area contributed by atoms with E-state index in [2.05, 4.69) is 10.6 Å². The SMILES string of the molecule is COC(=O)c1c(F)cccc1N1CCC(CNC(=O)C2(NC(=O)c3ccc(O)cc3)CC2)CC1. The van der Waals surface area contributed by atoms with E-state index in [-0.39, 0.29) is 29.0 Å². The topological polar surface area (TPSA) is 108 Å². The van der Waals surface area contributed by atoms with Crippen LogP contribution in [0.15, 0.2) is 42.5 Å². The Kier molecular flexibility index (Phi) is 6.72. The number of nitrogens with zero attached hydrogens (tertiary/aromatic N) is 1. The fourth-order valence-corrected chi connectivity index (χ4v) is 4.30. The van der Waals surface area contributed by atoms with E-state index in [1.54, 1.807) is 12.1 Å². The highest BCUT2D eigenvalue weighted by Crippen LogP contribution is 2.36. The van der Waals surface area contributed by atoms with Crippen molar-refractivity contribution in [1.29, 1.82) is 0 Å². The van der Waals surface area contributed by atoms with Crippen molar-refractivity contribution in [1.82, 2.24) is 10.6 Å². The summed E-state index contributed by atoms with van der Waals surface area (Å²) in [7, 11) is 1.23. The molecule has 1 aliphatic heterocycles. The molecule has 2 fully saturated rings. The number of amides is 2. The molecule has 0 unspecified atom stereocenters. The van der Waals surface area contributed by atoms with E-state index in [4.69, 9.17) is 4.74 Å². The van der Waals surface area contributed by atoms with Gasteiger partial charge in [0.15, 0.2) is 0 Å². The highest BCUT2D eigenvalue weighted by molar-refractivity contribution is 6.00. The molecule has 1 saturated heterocycles. The number of phenols is 1. The predicted octanol–water partition coefficient (Wildman–Crippen LogP) is 2.61. The van der Waals surface area contributed by atoms with Gasteiger partial charge in [-0.15, -0.1) is 0 Å². The minimum atomic E-state index is -0.882. The number of aromatic hydroxyl groups is 1. The Morgan fingerprint density at radius 3 is 2.41 bits per heavy atom. The van der Waals surface area contributed by atoms with Crippen LogP contribution in [-0.2, 0) is 9.53 Å². The quantitative estimate of drug-likeness (QED) is 0.538. The van der Waals surface area contributed by atoms with Crippen molar-refractivity contribution >= 4 is 23.5 Å². The number of esters is 1. The van der Waals surface area contributed by atoms with Gasteiger partial charge in [-0.05, 0) is 68.0 Å². The number of carbonyl (C=O) groups is 3. The molecule has 1 aliphatic carbocycles. The van der Waals surface area contributed by atoms with E-state index in [0.29, 0.717) is 43.7 Å². The lowest BCUT2D eigenvalue weighted by molar-refractivity contribution is -0.124. The molecular weight excluding hydrogens is 441 g/mol. The van der Waals surface area contributed by atoms with Crippen molar-refractivity contribution in [3.63, 3.8) is 0 Å². The highest BCUT2D eigenvalue weighted by Gasteiger charge is 2.51. The van der Waals surface area contributed by atoms with Gasteiger partial charge in [0, 0.05) is 25.2 Å². The lowest BCUT2D eigenvalue weighted by Gasteiger charge is -2.34. The van der Waals surface area contributed by atoms with Crippen LogP contribution in [0.1, 0.15) is 46.4 Å². The second-order valence-electron chi connectivity index (χ2n) is 8.85. The van der Waals surface area contributed by atoms with Crippen molar-refractivity contribution < 1.29 is 28.6 Å². The summed E-state index contributed by atoms with van der Waals surface area (Å²) in [5.74, 6) is -1.55. The van der Waals surface area contributed by atoms with Crippen molar-refractivity contribution in [2.75, 3.05) is 31.6 Å². The minimum absolute atomic E-state index is 0.0585. The molecule has 2 aromatic rings. The summed E-state index contributed by atoms with van der Waals surface area (Å²) in [5.41, 5.74) is -0.0416. The Labute approximate surface area is 197 Å². The fraction of sp³-hybridized carbons (Fsp3) is 0.400. The summed E-state index contributed by atoms with van der Waals surface area (Å²) in [6.45, 7) is 1.73. The standard InChI is InChI=1S/C25H28FN3O5/c1-34-23(32)21-19(26)3-2-4-20(21)29-13-9-16(10-14-29)15-27-24(33)25(11-12-25)28-22(31)17-5-7-18(30)8-6-17/h2-8,16,30H,9-15H2,1H3,(H,27,33)(H,28,31). The highest BCUT2D eigenvalue weighted by atomic mass is 19.1. The molecule has 34 heavy (non-hydrogen) atoms. The number of halogens is 1. The van der Waals surface area contributed by atoms with Crippen LogP contribution in [0.5, 0.6) is 5.75 Å². The largest absolute Gasteiger partial charge is 0.508 e. The summed E-state index contributed by atoms with van der Waals surface area (Å²) < 4.78 is 19.0. The zero-order valence-corrected chi connectivity index (χ0v) is 19.0. The molecule has 2 amide bonds. The first-order chi connectivity index (χ1) is 16.3. The molecule has 2 aliphatic rings. The number of nitrogens with one attached hydrogen (secondary N) is 2. The molecule has 4 rings (SSSR count). The Hall–Kier alpha value is -3.62. The number of hydrogen-bond acceptors (Lipinski definition) is 6. The van der Waals surface area contributed by atoms with Crippen molar-refractivity contribution in [2.45, 2.75) is 31.2 Å². The summed E-state index contributed by atoms with van der Waals surface area (Å²) in [4.78, 5) is 39.3. The van der Waals surface area contributed by atoms with Crippen LogP contribution in [0, 0.1) is 11.7 Å². The molecule has 9 heteroatoms. The zero-order valence-electron chi connectivity index (χ0n) is 19.0. The number of anilines is 1. The second-order valence-corrected chi connectivity index (χ2v) is 8.85. The van der Waals surface area contributed by atoms with Crippen LogP contribution in [0.25, 0.3) is 0 Å². The number of carbonyl (C=O) groups excluding carboxylic acids is 3. The first-order valence-corrected chi connectivity index (χ1v) is 11.3.